The standard InChI is InChI=1S/C12H16ClN3O4S/c1-12(4-6-14-7-5-12)15-21(19,20)11-8-9(16(17)18)2-3-10(11)13/h2-3,8,14-15H,4-7H2,1H3. The molecule has 21 heavy (non-hydrogen) atoms. The molecule has 1 fully saturated rings. The molecule has 1 aromatic rings. The van der Waals surface area contributed by atoms with E-state index >= 15 is 0 Å². The molecule has 0 bridgehead atoms. The molecule has 1 aliphatic rings. The van der Waals surface area contributed by atoms with Crippen molar-refractivity contribution >= 4 is 27.3 Å². The molecule has 0 radical (unpaired) electrons. The van der Waals surface area contributed by atoms with Crippen molar-refractivity contribution in [3.63, 3.8) is 0 Å². The van der Waals surface area contributed by atoms with E-state index in [2.05, 4.69) is 10.0 Å². The lowest BCUT2D eigenvalue weighted by Gasteiger charge is -2.34. The second kappa shape index (κ2) is 5.88. The van der Waals surface area contributed by atoms with Crippen LogP contribution in [-0.4, -0.2) is 32.0 Å². The Hall–Kier alpha value is -1.22. The molecule has 0 aromatic heterocycles. The summed E-state index contributed by atoms with van der Waals surface area (Å²) in [6.45, 7) is 3.24. The van der Waals surface area contributed by atoms with Gasteiger partial charge < -0.3 is 5.32 Å². The third-order valence-electron chi connectivity index (χ3n) is 3.50. The van der Waals surface area contributed by atoms with Crippen LogP contribution in [0, 0.1) is 10.1 Å². The molecule has 0 unspecified atom stereocenters. The van der Waals surface area contributed by atoms with Crippen LogP contribution < -0.4 is 10.0 Å². The summed E-state index contributed by atoms with van der Waals surface area (Å²) in [5, 5.41) is 13.9. The number of nitrogens with zero attached hydrogens (tertiary/aromatic N) is 1. The highest BCUT2D eigenvalue weighted by molar-refractivity contribution is 7.89. The van der Waals surface area contributed by atoms with Crippen molar-refractivity contribution in [3.8, 4) is 0 Å². The largest absolute Gasteiger partial charge is 0.317 e. The summed E-state index contributed by atoms with van der Waals surface area (Å²) in [7, 11) is -3.92. The Bertz CT molecular complexity index is 656. The highest BCUT2D eigenvalue weighted by Gasteiger charge is 2.33. The highest BCUT2D eigenvalue weighted by Crippen LogP contribution is 2.28. The Labute approximate surface area is 127 Å². The molecule has 0 saturated carbocycles. The molecule has 0 aliphatic carbocycles. The van der Waals surface area contributed by atoms with Gasteiger partial charge in [-0.1, -0.05) is 11.6 Å². The maximum absolute atomic E-state index is 12.5. The lowest BCUT2D eigenvalue weighted by atomic mass is 9.92. The van der Waals surface area contributed by atoms with Gasteiger partial charge in [0.2, 0.25) is 10.0 Å². The van der Waals surface area contributed by atoms with Crippen molar-refractivity contribution < 1.29 is 13.3 Å². The van der Waals surface area contributed by atoms with Crippen LogP contribution in [0.4, 0.5) is 5.69 Å². The Morgan fingerprint density at radius 3 is 2.57 bits per heavy atom. The van der Waals surface area contributed by atoms with Gasteiger partial charge in [0.1, 0.15) is 4.90 Å². The fourth-order valence-corrected chi connectivity index (χ4v) is 4.26. The third kappa shape index (κ3) is 3.70. The normalized spacial score (nSPS) is 18.4. The van der Waals surface area contributed by atoms with E-state index < -0.39 is 20.5 Å². The SMILES string of the molecule is CC1(NS(=O)(=O)c2cc([N+](=O)[O-])ccc2Cl)CCNCC1. The molecule has 0 spiro atoms. The van der Waals surface area contributed by atoms with Gasteiger partial charge in [-0.3, -0.25) is 10.1 Å². The first-order valence-electron chi connectivity index (χ1n) is 6.42. The molecule has 0 amide bonds. The average Bonchev–Trinajstić information content (AvgIpc) is 2.38. The Balaban J connectivity index is 2.35. The van der Waals surface area contributed by atoms with E-state index in [9.17, 15) is 18.5 Å². The lowest BCUT2D eigenvalue weighted by Crippen LogP contribution is -2.52. The second-order valence-electron chi connectivity index (χ2n) is 5.29. The van der Waals surface area contributed by atoms with Crippen molar-refractivity contribution in [2.45, 2.75) is 30.2 Å². The van der Waals surface area contributed by atoms with Gasteiger partial charge in [0.25, 0.3) is 5.69 Å². The summed E-state index contributed by atoms with van der Waals surface area (Å²) in [5.41, 5.74) is -0.895. The molecule has 1 aliphatic heterocycles. The maximum atomic E-state index is 12.5. The molecule has 1 saturated heterocycles. The first kappa shape index (κ1) is 16.2. The molecule has 9 heteroatoms. The third-order valence-corrected chi connectivity index (χ3v) is 5.62. The number of piperidine rings is 1. The number of nitro benzene ring substituents is 1. The number of halogens is 1. The summed E-state index contributed by atoms with van der Waals surface area (Å²) in [4.78, 5) is 9.87. The van der Waals surface area contributed by atoms with E-state index in [1.54, 1.807) is 0 Å². The lowest BCUT2D eigenvalue weighted by molar-refractivity contribution is -0.385. The molecular weight excluding hydrogens is 318 g/mol. The zero-order valence-corrected chi connectivity index (χ0v) is 13.0. The van der Waals surface area contributed by atoms with Gasteiger partial charge >= 0.3 is 0 Å². The molecule has 0 atom stereocenters. The first-order valence-corrected chi connectivity index (χ1v) is 8.28. The summed E-state index contributed by atoms with van der Waals surface area (Å²) in [5.74, 6) is 0. The first-order chi connectivity index (χ1) is 9.73. The second-order valence-corrected chi connectivity index (χ2v) is 7.35. The van der Waals surface area contributed by atoms with Crippen LogP contribution >= 0.6 is 11.6 Å². The van der Waals surface area contributed by atoms with Crippen LogP contribution in [0.2, 0.25) is 5.02 Å². The van der Waals surface area contributed by atoms with Crippen LogP contribution in [0.15, 0.2) is 23.1 Å². The van der Waals surface area contributed by atoms with Gasteiger partial charge in [-0.15, -0.1) is 0 Å². The fraction of sp³-hybridized carbons (Fsp3) is 0.500. The van der Waals surface area contributed by atoms with E-state index in [0.29, 0.717) is 25.9 Å². The van der Waals surface area contributed by atoms with Gasteiger partial charge in [-0.05, 0) is 38.9 Å². The molecular formula is C12H16ClN3O4S. The van der Waals surface area contributed by atoms with E-state index in [4.69, 9.17) is 11.6 Å². The topological polar surface area (TPSA) is 101 Å². The molecule has 116 valence electrons. The van der Waals surface area contributed by atoms with Crippen LogP contribution in [0.5, 0.6) is 0 Å². The minimum atomic E-state index is -3.92. The van der Waals surface area contributed by atoms with Crippen LogP contribution in [-0.2, 0) is 10.0 Å². The highest BCUT2D eigenvalue weighted by atomic mass is 35.5. The summed E-state index contributed by atoms with van der Waals surface area (Å²) < 4.78 is 27.5. The number of nitrogens with one attached hydrogen (secondary N) is 2. The van der Waals surface area contributed by atoms with Gasteiger partial charge in [-0.25, -0.2) is 13.1 Å². The molecule has 2 N–H and O–H groups in total. The predicted molar refractivity (Wildman–Crippen MR) is 78.9 cm³/mol. The van der Waals surface area contributed by atoms with Gasteiger partial charge in [0.05, 0.1) is 9.95 Å². The van der Waals surface area contributed by atoms with E-state index in [-0.39, 0.29) is 15.6 Å². The van der Waals surface area contributed by atoms with Crippen molar-refractivity contribution in [2.24, 2.45) is 0 Å². The molecule has 1 aromatic carbocycles. The van der Waals surface area contributed by atoms with E-state index in [0.717, 1.165) is 6.07 Å². The number of benzene rings is 1. The van der Waals surface area contributed by atoms with E-state index in [1.165, 1.54) is 12.1 Å². The number of non-ortho nitro benzene ring substituents is 1. The molecule has 1 heterocycles. The average molecular weight is 334 g/mol. The minimum Gasteiger partial charge on any atom is -0.317 e. The van der Waals surface area contributed by atoms with Gasteiger partial charge in [-0.2, -0.15) is 0 Å². The van der Waals surface area contributed by atoms with Crippen LogP contribution in [0.25, 0.3) is 0 Å². The quantitative estimate of drug-likeness (QED) is 0.644. The zero-order chi connectivity index (χ0) is 15.7. The van der Waals surface area contributed by atoms with Crippen molar-refractivity contribution in [1.29, 1.82) is 0 Å². The minimum absolute atomic E-state index is 0.0364. The van der Waals surface area contributed by atoms with Crippen LogP contribution in [0.1, 0.15) is 19.8 Å². The van der Waals surface area contributed by atoms with Crippen molar-refractivity contribution in [3.05, 3.63) is 33.3 Å². The number of hydrogen-bond donors (Lipinski definition) is 2. The smallest absolute Gasteiger partial charge is 0.270 e. The summed E-state index contributed by atoms with van der Waals surface area (Å²) in [6.07, 6.45) is 1.28. The maximum Gasteiger partial charge on any atom is 0.270 e. The number of rotatable bonds is 4. The van der Waals surface area contributed by atoms with Crippen molar-refractivity contribution in [1.82, 2.24) is 10.0 Å². The van der Waals surface area contributed by atoms with E-state index in [1.807, 2.05) is 6.92 Å². The summed E-state index contributed by atoms with van der Waals surface area (Å²) >= 11 is 5.89. The van der Waals surface area contributed by atoms with Gasteiger partial charge in [0.15, 0.2) is 0 Å². The Morgan fingerprint density at radius 2 is 2.00 bits per heavy atom. The number of nitro groups is 1. The number of sulfonamides is 1. The molecule has 7 nitrogen and oxygen atoms in total. The monoisotopic (exact) mass is 333 g/mol. The molecule has 2 rings (SSSR count). The summed E-state index contributed by atoms with van der Waals surface area (Å²) in [6, 6.07) is 3.38. The van der Waals surface area contributed by atoms with Crippen LogP contribution in [0.3, 0.4) is 0 Å². The number of hydrogen-bond acceptors (Lipinski definition) is 5. The van der Waals surface area contributed by atoms with Crippen molar-refractivity contribution in [2.75, 3.05) is 13.1 Å². The van der Waals surface area contributed by atoms with Gasteiger partial charge in [0, 0.05) is 17.7 Å². The predicted octanol–water partition coefficient (Wildman–Crippen LogP) is 1.67. The fourth-order valence-electron chi connectivity index (χ4n) is 2.27. The Morgan fingerprint density at radius 1 is 1.38 bits per heavy atom. The Kier molecular flexibility index (Phi) is 4.52. The zero-order valence-electron chi connectivity index (χ0n) is 11.4.